The van der Waals surface area contributed by atoms with Gasteiger partial charge in [-0.3, -0.25) is 4.79 Å². The number of carbonyl (C=O) groups excluding carboxylic acids is 2. The molecular formula is C15H17NO4. The molecule has 0 aromatic heterocycles. The van der Waals surface area contributed by atoms with Crippen LogP contribution in [0.15, 0.2) is 30.3 Å². The molecule has 0 radical (unpaired) electrons. The van der Waals surface area contributed by atoms with E-state index in [-0.39, 0.29) is 37.2 Å². The Morgan fingerprint density at radius 2 is 2.15 bits per heavy atom. The summed E-state index contributed by atoms with van der Waals surface area (Å²) in [4.78, 5) is 25.2. The minimum atomic E-state index is -0.359. The van der Waals surface area contributed by atoms with Gasteiger partial charge >= 0.3 is 12.1 Å². The fraction of sp³-hybridized carbons (Fsp3) is 0.467. The Bertz CT molecular complexity index is 502. The second kappa shape index (κ2) is 5.53. The molecule has 2 atom stereocenters. The zero-order valence-electron chi connectivity index (χ0n) is 11.2. The number of hydrogen-bond donors (Lipinski definition) is 0. The number of hydrogen-bond acceptors (Lipinski definition) is 4. The highest BCUT2D eigenvalue weighted by Crippen LogP contribution is 2.29. The molecule has 0 aliphatic carbocycles. The van der Waals surface area contributed by atoms with E-state index in [1.807, 2.05) is 30.3 Å². The van der Waals surface area contributed by atoms with Crippen molar-refractivity contribution in [3.63, 3.8) is 0 Å². The molecule has 1 aromatic carbocycles. The van der Waals surface area contributed by atoms with Crippen LogP contribution in [-0.2, 0) is 20.9 Å². The van der Waals surface area contributed by atoms with Crippen LogP contribution in [0.25, 0.3) is 0 Å². The third kappa shape index (κ3) is 2.61. The van der Waals surface area contributed by atoms with Crippen LogP contribution < -0.4 is 0 Å². The molecule has 20 heavy (non-hydrogen) atoms. The molecule has 2 saturated heterocycles. The Balaban J connectivity index is 1.60. The molecule has 2 aliphatic rings. The first-order chi connectivity index (χ1) is 9.74. The van der Waals surface area contributed by atoms with E-state index < -0.39 is 0 Å². The summed E-state index contributed by atoms with van der Waals surface area (Å²) < 4.78 is 10.6. The van der Waals surface area contributed by atoms with E-state index in [2.05, 4.69) is 0 Å². The van der Waals surface area contributed by atoms with Crippen LogP contribution >= 0.6 is 0 Å². The average Bonchev–Trinajstić information content (AvgIpc) is 2.85. The maximum atomic E-state index is 12.2. The van der Waals surface area contributed by atoms with E-state index in [4.69, 9.17) is 9.47 Å². The van der Waals surface area contributed by atoms with Gasteiger partial charge in [0.1, 0.15) is 12.7 Å². The van der Waals surface area contributed by atoms with Crippen molar-refractivity contribution in [3.05, 3.63) is 35.9 Å². The zero-order chi connectivity index (χ0) is 13.9. The van der Waals surface area contributed by atoms with Gasteiger partial charge in [0.05, 0.1) is 12.5 Å². The smallest absolute Gasteiger partial charge is 0.410 e. The second-order valence-electron chi connectivity index (χ2n) is 5.18. The summed E-state index contributed by atoms with van der Waals surface area (Å²) in [6, 6.07) is 9.40. The molecule has 5 heteroatoms. The van der Waals surface area contributed by atoms with Crippen LogP contribution in [0.3, 0.4) is 0 Å². The van der Waals surface area contributed by atoms with Crippen molar-refractivity contribution in [1.29, 1.82) is 0 Å². The summed E-state index contributed by atoms with van der Waals surface area (Å²) in [5.74, 6) is -0.220. The lowest BCUT2D eigenvalue weighted by Gasteiger charge is -2.34. The van der Waals surface area contributed by atoms with Crippen molar-refractivity contribution in [3.8, 4) is 0 Å². The number of esters is 1. The molecular weight excluding hydrogens is 258 g/mol. The molecule has 0 spiro atoms. The number of piperidine rings is 1. The number of fused-ring (bicyclic) bond motifs is 1. The van der Waals surface area contributed by atoms with E-state index in [0.29, 0.717) is 6.54 Å². The van der Waals surface area contributed by atoms with Crippen molar-refractivity contribution in [1.82, 2.24) is 4.90 Å². The van der Waals surface area contributed by atoms with Crippen molar-refractivity contribution < 1.29 is 19.1 Å². The summed E-state index contributed by atoms with van der Waals surface area (Å²) in [7, 11) is 0. The Morgan fingerprint density at radius 3 is 2.95 bits per heavy atom. The fourth-order valence-electron chi connectivity index (χ4n) is 2.82. The van der Waals surface area contributed by atoms with Crippen molar-refractivity contribution in [2.24, 2.45) is 0 Å². The molecule has 0 unspecified atom stereocenters. The molecule has 1 aromatic rings. The number of ether oxygens (including phenoxy) is 2. The van der Waals surface area contributed by atoms with Gasteiger partial charge in [0, 0.05) is 6.54 Å². The molecule has 106 valence electrons. The lowest BCUT2D eigenvalue weighted by molar-refractivity contribution is -0.142. The first kappa shape index (κ1) is 13.0. The van der Waals surface area contributed by atoms with Gasteiger partial charge in [0.2, 0.25) is 0 Å². The van der Waals surface area contributed by atoms with E-state index in [1.54, 1.807) is 4.90 Å². The molecule has 0 bridgehead atoms. The summed E-state index contributed by atoms with van der Waals surface area (Å²) >= 11 is 0. The van der Waals surface area contributed by atoms with Gasteiger partial charge in [-0.05, 0) is 18.4 Å². The quantitative estimate of drug-likeness (QED) is 0.776. The first-order valence-electron chi connectivity index (χ1n) is 6.91. The SMILES string of the molecule is O=C1C[C@H]2[C@H](CCCN2C(=O)OCc2ccccc2)O1. The Morgan fingerprint density at radius 1 is 1.35 bits per heavy atom. The lowest BCUT2D eigenvalue weighted by Crippen LogP contribution is -2.48. The van der Waals surface area contributed by atoms with E-state index in [0.717, 1.165) is 18.4 Å². The highest BCUT2D eigenvalue weighted by Gasteiger charge is 2.43. The largest absolute Gasteiger partial charge is 0.460 e. The third-order valence-electron chi connectivity index (χ3n) is 3.82. The fourth-order valence-corrected chi connectivity index (χ4v) is 2.82. The van der Waals surface area contributed by atoms with Crippen LogP contribution in [0.4, 0.5) is 4.79 Å². The van der Waals surface area contributed by atoms with Crippen LogP contribution in [-0.4, -0.2) is 35.7 Å². The summed E-state index contributed by atoms with van der Waals surface area (Å²) in [5, 5.41) is 0. The third-order valence-corrected chi connectivity index (χ3v) is 3.82. The topological polar surface area (TPSA) is 55.8 Å². The maximum Gasteiger partial charge on any atom is 0.410 e. The molecule has 2 heterocycles. The average molecular weight is 275 g/mol. The molecule has 0 saturated carbocycles. The number of likely N-dealkylation sites (tertiary alicyclic amines) is 1. The Kier molecular flexibility index (Phi) is 3.58. The molecule has 5 nitrogen and oxygen atoms in total. The molecule has 0 N–H and O–H groups in total. The Hall–Kier alpha value is -2.04. The molecule has 2 aliphatic heterocycles. The predicted octanol–water partition coefficient (Wildman–Crippen LogP) is 2.10. The highest BCUT2D eigenvalue weighted by atomic mass is 16.6. The predicted molar refractivity (Wildman–Crippen MR) is 70.9 cm³/mol. The van der Waals surface area contributed by atoms with Gasteiger partial charge in [0.15, 0.2) is 0 Å². The van der Waals surface area contributed by atoms with Gasteiger partial charge in [-0.15, -0.1) is 0 Å². The van der Waals surface area contributed by atoms with Gasteiger partial charge in [0.25, 0.3) is 0 Å². The van der Waals surface area contributed by atoms with Crippen LogP contribution in [0.2, 0.25) is 0 Å². The van der Waals surface area contributed by atoms with Crippen LogP contribution in [0, 0.1) is 0 Å². The van der Waals surface area contributed by atoms with Gasteiger partial charge in [-0.1, -0.05) is 30.3 Å². The van der Waals surface area contributed by atoms with E-state index in [1.165, 1.54) is 0 Å². The van der Waals surface area contributed by atoms with Crippen LogP contribution in [0.1, 0.15) is 24.8 Å². The van der Waals surface area contributed by atoms with Gasteiger partial charge < -0.3 is 14.4 Å². The minimum Gasteiger partial charge on any atom is -0.460 e. The minimum absolute atomic E-state index is 0.152. The van der Waals surface area contributed by atoms with E-state index >= 15 is 0 Å². The number of rotatable bonds is 2. The maximum absolute atomic E-state index is 12.2. The second-order valence-corrected chi connectivity index (χ2v) is 5.18. The number of benzene rings is 1. The van der Waals surface area contributed by atoms with Crippen molar-refractivity contribution in [2.75, 3.05) is 6.54 Å². The van der Waals surface area contributed by atoms with Crippen molar-refractivity contribution in [2.45, 2.75) is 38.0 Å². The molecule has 2 fully saturated rings. The van der Waals surface area contributed by atoms with Gasteiger partial charge in [-0.2, -0.15) is 0 Å². The summed E-state index contributed by atoms with van der Waals surface area (Å²) in [6.45, 7) is 0.883. The number of carbonyl (C=O) groups is 2. The van der Waals surface area contributed by atoms with E-state index in [9.17, 15) is 9.59 Å². The summed E-state index contributed by atoms with van der Waals surface area (Å²) in [5.41, 5.74) is 0.952. The highest BCUT2D eigenvalue weighted by molar-refractivity contribution is 5.75. The normalized spacial score (nSPS) is 25.0. The Labute approximate surface area is 117 Å². The molecule has 1 amide bonds. The zero-order valence-corrected chi connectivity index (χ0v) is 11.2. The summed E-state index contributed by atoms with van der Waals surface area (Å²) in [6.07, 6.45) is 1.45. The number of nitrogens with zero attached hydrogens (tertiary/aromatic N) is 1. The number of amides is 1. The van der Waals surface area contributed by atoms with Crippen LogP contribution in [0.5, 0.6) is 0 Å². The lowest BCUT2D eigenvalue weighted by atomic mass is 9.99. The molecule has 3 rings (SSSR count). The first-order valence-corrected chi connectivity index (χ1v) is 6.91. The van der Waals surface area contributed by atoms with Crippen molar-refractivity contribution >= 4 is 12.1 Å². The van der Waals surface area contributed by atoms with Gasteiger partial charge in [-0.25, -0.2) is 4.79 Å². The monoisotopic (exact) mass is 275 g/mol. The standard InChI is InChI=1S/C15H17NO4/c17-14-9-12-13(20-14)7-4-8-16(12)15(18)19-10-11-5-2-1-3-6-11/h1-3,5-6,12-13H,4,7-10H2/t12-,13-/m0/s1.